The van der Waals surface area contributed by atoms with Gasteiger partial charge in [0.1, 0.15) is 11.5 Å². The number of hydrogen-bond donors (Lipinski definition) is 1. The maximum Gasteiger partial charge on any atom is 0.243 e. The highest BCUT2D eigenvalue weighted by molar-refractivity contribution is 5.86. The zero-order chi connectivity index (χ0) is 24.7. The first-order valence-electron chi connectivity index (χ1n) is 11.0. The van der Waals surface area contributed by atoms with Crippen molar-refractivity contribution in [2.75, 3.05) is 14.2 Å². The number of nitrogens with two attached hydrogens (primary N) is 1. The van der Waals surface area contributed by atoms with Gasteiger partial charge in [0.05, 0.1) is 19.1 Å². The monoisotopic (exact) mass is 458 g/mol. The van der Waals surface area contributed by atoms with Crippen molar-refractivity contribution in [1.82, 2.24) is 0 Å². The van der Waals surface area contributed by atoms with E-state index in [1.807, 2.05) is 55.5 Å². The van der Waals surface area contributed by atoms with E-state index in [0.29, 0.717) is 0 Å². The molecule has 2 N–H and O–H groups in total. The second-order valence-electron chi connectivity index (χ2n) is 8.24. The van der Waals surface area contributed by atoms with Gasteiger partial charge in [-0.15, -0.1) is 0 Å². The fourth-order valence-corrected chi connectivity index (χ4v) is 3.65. The SMILES string of the molecule is COc1ccc2cc(/C=C(\C)[N+](=O)[O-])ccc2c1.COc1ccc2cc(CC(C)N)ccc2c1. The van der Waals surface area contributed by atoms with Crippen LogP contribution in [0.15, 0.2) is 78.5 Å². The highest BCUT2D eigenvalue weighted by atomic mass is 16.6. The number of nitro groups is 1. The van der Waals surface area contributed by atoms with Crippen molar-refractivity contribution in [2.45, 2.75) is 26.3 Å². The van der Waals surface area contributed by atoms with E-state index in [1.54, 1.807) is 20.3 Å². The van der Waals surface area contributed by atoms with Gasteiger partial charge in [-0.25, -0.2) is 0 Å². The molecule has 0 fully saturated rings. The van der Waals surface area contributed by atoms with Gasteiger partial charge in [-0.3, -0.25) is 10.1 Å². The van der Waals surface area contributed by atoms with Gasteiger partial charge in [0.15, 0.2) is 0 Å². The topological polar surface area (TPSA) is 87.6 Å². The molecule has 6 nitrogen and oxygen atoms in total. The smallest absolute Gasteiger partial charge is 0.243 e. The first-order valence-corrected chi connectivity index (χ1v) is 11.0. The van der Waals surface area contributed by atoms with Crippen LogP contribution in [-0.2, 0) is 6.42 Å². The van der Waals surface area contributed by atoms with Crippen molar-refractivity contribution in [1.29, 1.82) is 0 Å². The van der Waals surface area contributed by atoms with E-state index < -0.39 is 4.92 Å². The Morgan fingerprint density at radius 1 is 0.882 bits per heavy atom. The number of ether oxygens (including phenoxy) is 2. The Bertz CT molecular complexity index is 1330. The number of rotatable bonds is 6. The standard InChI is InChI=1S/C14H13NO3.C14H17NO/c1-10(15(16)17)7-11-3-4-13-9-14(18-2)6-5-12(13)8-11;1-10(15)7-11-3-4-13-9-14(16-2)6-5-12(13)8-11/h3-9H,1-2H3;3-6,8-10H,7,15H2,1-2H3/b10-7+;. The molecule has 0 radical (unpaired) electrons. The minimum absolute atomic E-state index is 0.128. The van der Waals surface area contributed by atoms with E-state index in [1.165, 1.54) is 23.3 Å². The van der Waals surface area contributed by atoms with Crippen molar-refractivity contribution < 1.29 is 14.4 Å². The molecule has 0 heterocycles. The van der Waals surface area contributed by atoms with E-state index in [0.717, 1.165) is 34.3 Å². The maximum absolute atomic E-state index is 10.6. The molecule has 4 aromatic rings. The van der Waals surface area contributed by atoms with Gasteiger partial charge in [-0.05, 0) is 76.3 Å². The van der Waals surface area contributed by atoms with Gasteiger partial charge >= 0.3 is 0 Å². The number of fused-ring (bicyclic) bond motifs is 2. The van der Waals surface area contributed by atoms with Crippen LogP contribution in [0.25, 0.3) is 27.6 Å². The van der Waals surface area contributed by atoms with Crippen molar-refractivity contribution in [3.8, 4) is 11.5 Å². The number of nitrogens with zero attached hydrogens (tertiary/aromatic N) is 1. The van der Waals surface area contributed by atoms with E-state index in [2.05, 4.69) is 24.3 Å². The molecule has 1 unspecified atom stereocenters. The zero-order valence-corrected chi connectivity index (χ0v) is 19.9. The van der Waals surface area contributed by atoms with Gasteiger partial charge in [-0.2, -0.15) is 0 Å². The summed E-state index contributed by atoms with van der Waals surface area (Å²) in [5, 5.41) is 15.1. The van der Waals surface area contributed by atoms with Crippen LogP contribution < -0.4 is 15.2 Å². The lowest BCUT2D eigenvalue weighted by Crippen LogP contribution is -2.17. The number of hydrogen-bond acceptors (Lipinski definition) is 5. The summed E-state index contributed by atoms with van der Waals surface area (Å²) in [4.78, 5) is 10.2. The molecule has 4 aromatic carbocycles. The summed E-state index contributed by atoms with van der Waals surface area (Å²) in [7, 11) is 3.31. The summed E-state index contributed by atoms with van der Waals surface area (Å²) in [5.74, 6) is 1.69. The Hall–Kier alpha value is -3.90. The summed E-state index contributed by atoms with van der Waals surface area (Å²) in [6, 6.07) is 24.2. The van der Waals surface area contributed by atoms with E-state index in [4.69, 9.17) is 15.2 Å². The third-order valence-corrected chi connectivity index (χ3v) is 5.40. The van der Waals surface area contributed by atoms with E-state index >= 15 is 0 Å². The van der Waals surface area contributed by atoms with Gasteiger partial charge in [0.25, 0.3) is 0 Å². The first kappa shape index (κ1) is 24.7. The highest BCUT2D eigenvalue weighted by Gasteiger charge is 2.04. The Morgan fingerprint density at radius 3 is 1.91 bits per heavy atom. The fourth-order valence-electron chi connectivity index (χ4n) is 3.65. The van der Waals surface area contributed by atoms with Gasteiger partial charge in [0.2, 0.25) is 5.70 Å². The van der Waals surface area contributed by atoms with Crippen LogP contribution in [0.4, 0.5) is 0 Å². The minimum atomic E-state index is -0.391. The molecular formula is C28H30N2O4. The molecule has 4 rings (SSSR count). The quantitative estimate of drug-likeness (QED) is 0.274. The van der Waals surface area contributed by atoms with Gasteiger partial charge < -0.3 is 15.2 Å². The van der Waals surface area contributed by atoms with E-state index in [9.17, 15) is 10.1 Å². The van der Waals surface area contributed by atoms with Crippen molar-refractivity contribution in [3.05, 3.63) is 99.7 Å². The van der Waals surface area contributed by atoms with Crippen LogP contribution in [0.1, 0.15) is 25.0 Å². The Labute approximate surface area is 199 Å². The Kier molecular flexibility index (Phi) is 8.22. The predicted molar refractivity (Wildman–Crippen MR) is 139 cm³/mol. The molecule has 176 valence electrons. The van der Waals surface area contributed by atoms with Crippen LogP contribution in [-0.4, -0.2) is 25.2 Å². The molecule has 0 aliphatic rings. The summed E-state index contributed by atoms with van der Waals surface area (Å²) < 4.78 is 10.3. The fraction of sp³-hybridized carbons (Fsp3) is 0.214. The molecule has 0 aromatic heterocycles. The van der Waals surface area contributed by atoms with Crippen LogP contribution in [0.2, 0.25) is 0 Å². The first-order chi connectivity index (χ1) is 16.3. The lowest BCUT2D eigenvalue weighted by atomic mass is 10.0. The maximum atomic E-state index is 10.6. The molecule has 0 amide bonds. The minimum Gasteiger partial charge on any atom is -0.497 e. The molecule has 0 aliphatic heterocycles. The largest absolute Gasteiger partial charge is 0.497 e. The van der Waals surface area contributed by atoms with Crippen molar-refractivity contribution >= 4 is 27.6 Å². The predicted octanol–water partition coefficient (Wildman–Crippen LogP) is 6.22. The number of methoxy groups -OCH3 is 2. The molecular weight excluding hydrogens is 428 g/mol. The lowest BCUT2D eigenvalue weighted by Gasteiger charge is -2.07. The average molecular weight is 459 g/mol. The molecule has 34 heavy (non-hydrogen) atoms. The third kappa shape index (κ3) is 6.56. The van der Waals surface area contributed by atoms with Crippen LogP contribution in [0.5, 0.6) is 11.5 Å². The van der Waals surface area contributed by atoms with Crippen LogP contribution in [0.3, 0.4) is 0 Å². The lowest BCUT2D eigenvalue weighted by molar-refractivity contribution is -0.422. The number of allylic oxidation sites excluding steroid dienone is 1. The molecule has 6 heteroatoms. The summed E-state index contributed by atoms with van der Waals surface area (Å²) in [6.45, 7) is 3.51. The molecule has 0 saturated heterocycles. The van der Waals surface area contributed by atoms with Gasteiger partial charge in [-0.1, -0.05) is 42.5 Å². The average Bonchev–Trinajstić information content (AvgIpc) is 2.83. The van der Waals surface area contributed by atoms with Crippen LogP contribution in [0, 0.1) is 10.1 Å². The van der Waals surface area contributed by atoms with Gasteiger partial charge in [0, 0.05) is 19.0 Å². The summed E-state index contributed by atoms with van der Waals surface area (Å²) >= 11 is 0. The normalized spacial score (nSPS) is 12.1. The summed E-state index contributed by atoms with van der Waals surface area (Å²) in [6.07, 6.45) is 2.48. The number of benzene rings is 4. The third-order valence-electron chi connectivity index (χ3n) is 5.40. The molecule has 0 aliphatic carbocycles. The molecule has 1 atom stereocenters. The summed E-state index contributed by atoms with van der Waals surface area (Å²) in [5.41, 5.74) is 8.03. The Balaban J connectivity index is 0.000000192. The Morgan fingerprint density at radius 2 is 1.38 bits per heavy atom. The zero-order valence-electron chi connectivity index (χ0n) is 19.9. The van der Waals surface area contributed by atoms with Crippen LogP contribution >= 0.6 is 0 Å². The molecule has 0 bridgehead atoms. The van der Waals surface area contributed by atoms with Crippen molar-refractivity contribution in [2.24, 2.45) is 5.73 Å². The molecule has 0 spiro atoms. The van der Waals surface area contributed by atoms with Crippen molar-refractivity contribution in [3.63, 3.8) is 0 Å². The second kappa shape index (κ2) is 11.3. The van der Waals surface area contributed by atoms with E-state index in [-0.39, 0.29) is 11.7 Å². The molecule has 0 saturated carbocycles. The highest BCUT2D eigenvalue weighted by Crippen LogP contribution is 2.23. The second-order valence-corrected chi connectivity index (χ2v) is 8.24.